The number of hydrogen-bond acceptors (Lipinski definition) is 4. The van der Waals surface area contributed by atoms with E-state index in [-0.39, 0.29) is 12.5 Å². The van der Waals surface area contributed by atoms with Gasteiger partial charge < -0.3 is 10.0 Å². The molecular formula is C13H18N4O2. The van der Waals surface area contributed by atoms with E-state index in [1.54, 1.807) is 47.8 Å². The highest BCUT2D eigenvalue weighted by Gasteiger charge is 2.23. The van der Waals surface area contributed by atoms with E-state index in [0.29, 0.717) is 18.0 Å². The molecule has 1 amide bonds. The van der Waals surface area contributed by atoms with Crippen LogP contribution < -0.4 is 0 Å². The van der Waals surface area contributed by atoms with Crippen LogP contribution in [0.15, 0.2) is 24.7 Å². The molecule has 0 bridgehead atoms. The lowest BCUT2D eigenvalue weighted by molar-refractivity contribution is 0.0312. The van der Waals surface area contributed by atoms with Crippen LogP contribution in [0.3, 0.4) is 0 Å². The first-order valence-electron chi connectivity index (χ1n) is 6.22. The molecule has 0 aliphatic rings. The van der Waals surface area contributed by atoms with E-state index in [4.69, 9.17) is 0 Å². The number of likely N-dealkylation sites (N-methyl/N-ethyl adjacent to an activating group) is 1. The summed E-state index contributed by atoms with van der Waals surface area (Å²) < 4.78 is 1.70. The van der Waals surface area contributed by atoms with E-state index in [0.717, 1.165) is 0 Å². The highest BCUT2D eigenvalue weighted by atomic mass is 16.3. The van der Waals surface area contributed by atoms with Crippen molar-refractivity contribution in [1.82, 2.24) is 19.3 Å². The van der Waals surface area contributed by atoms with E-state index in [1.165, 1.54) is 0 Å². The quantitative estimate of drug-likeness (QED) is 0.891. The first kappa shape index (κ1) is 13.5. The summed E-state index contributed by atoms with van der Waals surface area (Å²) in [6.45, 7) is 6.01. The van der Waals surface area contributed by atoms with Crippen molar-refractivity contribution in [2.24, 2.45) is 0 Å². The van der Waals surface area contributed by atoms with Crippen molar-refractivity contribution < 1.29 is 9.90 Å². The van der Waals surface area contributed by atoms with Crippen LogP contribution in [0.1, 0.15) is 31.3 Å². The third kappa shape index (κ3) is 3.08. The van der Waals surface area contributed by atoms with E-state index >= 15 is 0 Å². The fraction of sp³-hybridized carbons (Fsp3) is 0.462. The number of rotatable bonds is 4. The van der Waals surface area contributed by atoms with Gasteiger partial charge in [-0.1, -0.05) is 0 Å². The molecule has 1 N–H and O–H groups in total. The first-order chi connectivity index (χ1) is 8.90. The van der Waals surface area contributed by atoms with Gasteiger partial charge in [-0.05, 0) is 26.8 Å². The Balaban J connectivity index is 2.26. The molecular weight excluding hydrogens is 244 g/mol. The van der Waals surface area contributed by atoms with Gasteiger partial charge in [0.2, 0.25) is 5.78 Å². The smallest absolute Gasteiger partial charge is 0.274 e. The third-order valence-corrected chi connectivity index (χ3v) is 2.70. The number of amides is 1. The number of hydrogen-bond donors (Lipinski definition) is 1. The molecule has 0 aliphatic heterocycles. The molecule has 6 heteroatoms. The van der Waals surface area contributed by atoms with Crippen LogP contribution in [0.2, 0.25) is 0 Å². The number of fused-ring (bicyclic) bond motifs is 1. The Labute approximate surface area is 111 Å². The lowest BCUT2D eigenvalue weighted by atomic mass is 10.1. The lowest BCUT2D eigenvalue weighted by Crippen LogP contribution is -2.42. The second-order valence-corrected chi connectivity index (χ2v) is 5.08. The van der Waals surface area contributed by atoms with Gasteiger partial charge in [0.15, 0.2) is 0 Å². The standard InChI is InChI=1S/C13H18N4O2/c1-4-16(9-13(2,3)19)11(18)10-8-17-7-5-6-14-12(17)15-10/h5-8,19H,4,9H2,1-3H3. The van der Waals surface area contributed by atoms with Crippen LogP contribution in [0.5, 0.6) is 0 Å². The maximum Gasteiger partial charge on any atom is 0.274 e. The number of carbonyl (C=O) groups is 1. The predicted molar refractivity (Wildman–Crippen MR) is 70.9 cm³/mol. The minimum absolute atomic E-state index is 0.199. The van der Waals surface area contributed by atoms with Gasteiger partial charge in [0.1, 0.15) is 5.69 Å². The van der Waals surface area contributed by atoms with Crippen molar-refractivity contribution in [3.63, 3.8) is 0 Å². The molecule has 0 spiro atoms. The Kier molecular flexibility index (Phi) is 3.53. The van der Waals surface area contributed by atoms with E-state index in [9.17, 15) is 9.90 Å². The molecule has 0 unspecified atom stereocenters. The fourth-order valence-corrected chi connectivity index (χ4v) is 1.89. The Morgan fingerprint density at radius 2 is 2.26 bits per heavy atom. The molecule has 19 heavy (non-hydrogen) atoms. The van der Waals surface area contributed by atoms with Crippen LogP contribution >= 0.6 is 0 Å². The SMILES string of the molecule is CCN(CC(C)(C)O)C(=O)c1cn2cccnc2n1. The van der Waals surface area contributed by atoms with Gasteiger partial charge in [0, 0.05) is 31.7 Å². The Bertz CT molecular complexity index is 553. The molecule has 0 fully saturated rings. The number of aliphatic hydroxyl groups is 1. The molecule has 6 nitrogen and oxygen atoms in total. The molecule has 2 rings (SSSR count). The summed E-state index contributed by atoms with van der Waals surface area (Å²) in [5, 5.41) is 9.82. The summed E-state index contributed by atoms with van der Waals surface area (Å²) in [5.74, 6) is 0.292. The molecule has 2 aromatic heterocycles. The van der Waals surface area contributed by atoms with Gasteiger partial charge in [-0.3, -0.25) is 9.20 Å². The number of imidazole rings is 1. The molecule has 0 saturated carbocycles. The summed E-state index contributed by atoms with van der Waals surface area (Å²) >= 11 is 0. The third-order valence-electron chi connectivity index (χ3n) is 2.70. The Hall–Kier alpha value is -1.95. The highest BCUT2D eigenvalue weighted by Crippen LogP contribution is 2.10. The summed E-state index contributed by atoms with van der Waals surface area (Å²) in [7, 11) is 0. The first-order valence-corrected chi connectivity index (χ1v) is 6.22. The predicted octanol–water partition coefficient (Wildman–Crippen LogP) is 0.962. The largest absolute Gasteiger partial charge is 0.389 e. The zero-order chi connectivity index (χ0) is 14.0. The number of nitrogens with zero attached hydrogens (tertiary/aromatic N) is 4. The molecule has 0 aliphatic carbocycles. The van der Waals surface area contributed by atoms with Crippen LogP contribution in [0.4, 0.5) is 0 Å². The molecule has 2 aromatic rings. The summed E-state index contributed by atoms with van der Waals surface area (Å²) in [6, 6.07) is 1.78. The van der Waals surface area contributed by atoms with Crippen molar-refractivity contribution in [2.75, 3.05) is 13.1 Å². The molecule has 0 aromatic carbocycles. The maximum absolute atomic E-state index is 12.3. The zero-order valence-electron chi connectivity index (χ0n) is 11.4. The number of aromatic nitrogens is 3. The summed E-state index contributed by atoms with van der Waals surface area (Å²) in [4.78, 5) is 22.2. The fourth-order valence-electron chi connectivity index (χ4n) is 1.89. The minimum atomic E-state index is -0.928. The highest BCUT2D eigenvalue weighted by molar-refractivity contribution is 5.92. The molecule has 2 heterocycles. The van der Waals surface area contributed by atoms with Crippen molar-refractivity contribution in [1.29, 1.82) is 0 Å². The molecule has 0 atom stereocenters. The topological polar surface area (TPSA) is 70.7 Å². The second-order valence-electron chi connectivity index (χ2n) is 5.08. The van der Waals surface area contributed by atoms with Gasteiger partial charge >= 0.3 is 0 Å². The number of carbonyl (C=O) groups excluding carboxylic acids is 1. The van der Waals surface area contributed by atoms with E-state index < -0.39 is 5.60 Å². The summed E-state index contributed by atoms with van der Waals surface area (Å²) in [5.41, 5.74) is -0.590. The average molecular weight is 262 g/mol. The Morgan fingerprint density at radius 3 is 2.84 bits per heavy atom. The van der Waals surface area contributed by atoms with Gasteiger partial charge in [-0.25, -0.2) is 9.97 Å². The van der Waals surface area contributed by atoms with E-state index in [1.807, 2.05) is 6.92 Å². The van der Waals surface area contributed by atoms with Gasteiger partial charge in [-0.15, -0.1) is 0 Å². The minimum Gasteiger partial charge on any atom is -0.389 e. The van der Waals surface area contributed by atoms with Crippen LogP contribution in [-0.4, -0.2) is 49.0 Å². The maximum atomic E-state index is 12.3. The normalized spacial score (nSPS) is 11.8. The molecule has 102 valence electrons. The van der Waals surface area contributed by atoms with E-state index in [2.05, 4.69) is 9.97 Å². The van der Waals surface area contributed by atoms with Crippen LogP contribution in [0.25, 0.3) is 5.78 Å². The van der Waals surface area contributed by atoms with Crippen molar-refractivity contribution in [3.05, 3.63) is 30.4 Å². The lowest BCUT2D eigenvalue weighted by Gasteiger charge is -2.27. The van der Waals surface area contributed by atoms with Crippen LogP contribution in [0, 0.1) is 0 Å². The van der Waals surface area contributed by atoms with Gasteiger partial charge in [-0.2, -0.15) is 0 Å². The second kappa shape index (κ2) is 4.97. The summed E-state index contributed by atoms with van der Waals surface area (Å²) in [6.07, 6.45) is 5.07. The van der Waals surface area contributed by atoms with Gasteiger partial charge in [0.05, 0.1) is 5.60 Å². The van der Waals surface area contributed by atoms with Crippen molar-refractivity contribution in [3.8, 4) is 0 Å². The molecule has 0 saturated heterocycles. The zero-order valence-corrected chi connectivity index (χ0v) is 11.4. The average Bonchev–Trinajstić information content (AvgIpc) is 2.77. The monoisotopic (exact) mass is 262 g/mol. The van der Waals surface area contributed by atoms with Crippen molar-refractivity contribution in [2.45, 2.75) is 26.4 Å². The van der Waals surface area contributed by atoms with Gasteiger partial charge in [0.25, 0.3) is 5.91 Å². The Morgan fingerprint density at radius 1 is 1.53 bits per heavy atom. The van der Waals surface area contributed by atoms with Crippen LogP contribution in [-0.2, 0) is 0 Å². The molecule has 0 radical (unpaired) electrons. The van der Waals surface area contributed by atoms with Crippen molar-refractivity contribution >= 4 is 11.7 Å².